The first-order valence-corrected chi connectivity index (χ1v) is 11.2. The van der Waals surface area contributed by atoms with Crippen molar-refractivity contribution in [3.05, 3.63) is 51.2 Å². The van der Waals surface area contributed by atoms with E-state index in [2.05, 4.69) is 65.2 Å². The zero-order valence-electron chi connectivity index (χ0n) is 15.7. The number of fused-ring (bicyclic) bond motifs is 1. The van der Waals surface area contributed by atoms with E-state index in [1.165, 1.54) is 41.5 Å². The van der Waals surface area contributed by atoms with E-state index in [4.69, 9.17) is 0 Å². The molecule has 0 radical (unpaired) electrons. The summed E-state index contributed by atoms with van der Waals surface area (Å²) in [5, 5.41) is 12.4. The van der Waals surface area contributed by atoms with E-state index < -0.39 is 0 Å². The molecular formula is C21H25N3S2. The Kier molecular flexibility index (Phi) is 5.18. The van der Waals surface area contributed by atoms with Gasteiger partial charge in [0, 0.05) is 28.1 Å². The minimum absolute atomic E-state index is 0.804. The molecule has 1 aromatic carbocycles. The SMILES string of the molecule is CCn1c(SCc2ccccc2C)nnc1-c1csc2c1CCC(C)C2. The van der Waals surface area contributed by atoms with Gasteiger partial charge in [0.05, 0.1) is 0 Å². The highest BCUT2D eigenvalue weighted by molar-refractivity contribution is 7.98. The number of thiophene rings is 1. The third-order valence-corrected chi connectivity index (χ3v) is 7.36. The molecule has 0 saturated heterocycles. The van der Waals surface area contributed by atoms with Crippen LogP contribution in [0, 0.1) is 12.8 Å². The maximum atomic E-state index is 4.59. The molecule has 136 valence electrons. The van der Waals surface area contributed by atoms with Crippen molar-refractivity contribution in [2.24, 2.45) is 5.92 Å². The molecule has 0 fully saturated rings. The summed E-state index contributed by atoms with van der Waals surface area (Å²) in [5.41, 5.74) is 5.54. The summed E-state index contributed by atoms with van der Waals surface area (Å²) in [4.78, 5) is 1.55. The second-order valence-corrected chi connectivity index (χ2v) is 9.07. The van der Waals surface area contributed by atoms with Crippen LogP contribution in [0.4, 0.5) is 0 Å². The Morgan fingerprint density at radius 3 is 2.92 bits per heavy atom. The lowest BCUT2D eigenvalue weighted by Crippen LogP contribution is -2.10. The molecule has 0 aliphatic heterocycles. The zero-order valence-corrected chi connectivity index (χ0v) is 17.3. The largest absolute Gasteiger partial charge is 0.302 e. The second-order valence-electron chi connectivity index (χ2n) is 7.16. The van der Waals surface area contributed by atoms with Gasteiger partial charge in [0.1, 0.15) is 0 Å². The maximum absolute atomic E-state index is 4.59. The summed E-state index contributed by atoms with van der Waals surface area (Å²) in [6.07, 6.45) is 3.68. The molecule has 2 aromatic heterocycles. The Morgan fingerprint density at radius 1 is 1.27 bits per heavy atom. The number of benzene rings is 1. The first-order valence-electron chi connectivity index (χ1n) is 9.37. The number of rotatable bonds is 5. The molecule has 0 saturated carbocycles. The molecule has 4 rings (SSSR count). The highest BCUT2D eigenvalue weighted by Gasteiger charge is 2.24. The molecule has 0 amide bonds. The van der Waals surface area contributed by atoms with Crippen LogP contribution in [0.25, 0.3) is 11.4 Å². The van der Waals surface area contributed by atoms with Gasteiger partial charge in [0.15, 0.2) is 11.0 Å². The Balaban J connectivity index is 1.61. The number of hydrogen-bond donors (Lipinski definition) is 0. The molecule has 3 nitrogen and oxygen atoms in total. The number of hydrogen-bond acceptors (Lipinski definition) is 4. The zero-order chi connectivity index (χ0) is 18.1. The lowest BCUT2D eigenvalue weighted by Gasteiger charge is -2.19. The minimum atomic E-state index is 0.804. The van der Waals surface area contributed by atoms with Crippen LogP contribution < -0.4 is 0 Å². The van der Waals surface area contributed by atoms with Crippen LogP contribution in [-0.4, -0.2) is 14.8 Å². The van der Waals surface area contributed by atoms with E-state index >= 15 is 0 Å². The van der Waals surface area contributed by atoms with E-state index in [1.54, 1.807) is 16.6 Å². The lowest BCUT2D eigenvalue weighted by molar-refractivity contribution is 0.508. The summed E-state index contributed by atoms with van der Waals surface area (Å²) in [6, 6.07) is 8.57. The summed E-state index contributed by atoms with van der Waals surface area (Å²) in [5.74, 6) is 2.79. The number of aromatic nitrogens is 3. The normalized spacial score (nSPS) is 16.7. The smallest absolute Gasteiger partial charge is 0.191 e. The topological polar surface area (TPSA) is 30.7 Å². The molecule has 3 aromatic rings. The van der Waals surface area contributed by atoms with Crippen molar-refractivity contribution in [3.63, 3.8) is 0 Å². The number of nitrogens with zero attached hydrogens (tertiary/aromatic N) is 3. The molecule has 1 unspecified atom stereocenters. The van der Waals surface area contributed by atoms with Gasteiger partial charge in [-0.1, -0.05) is 43.0 Å². The van der Waals surface area contributed by atoms with Crippen molar-refractivity contribution in [3.8, 4) is 11.4 Å². The Hall–Kier alpha value is -1.59. The molecule has 5 heteroatoms. The molecule has 26 heavy (non-hydrogen) atoms. The van der Waals surface area contributed by atoms with Gasteiger partial charge in [-0.25, -0.2) is 0 Å². The van der Waals surface area contributed by atoms with Crippen LogP contribution in [-0.2, 0) is 25.1 Å². The molecule has 1 aliphatic rings. The summed E-state index contributed by atoms with van der Waals surface area (Å²) in [6.45, 7) is 7.62. The van der Waals surface area contributed by atoms with Crippen LogP contribution >= 0.6 is 23.1 Å². The van der Waals surface area contributed by atoms with Crippen LogP contribution in [0.15, 0.2) is 34.8 Å². The molecular weight excluding hydrogens is 358 g/mol. The van der Waals surface area contributed by atoms with Gasteiger partial charge in [-0.05, 0) is 55.7 Å². The van der Waals surface area contributed by atoms with Crippen LogP contribution in [0.5, 0.6) is 0 Å². The monoisotopic (exact) mass is 383 g/mol. The van der Waals surface area contributed by atoms with Crippen LogP contribution in [0.1, 0.15) is 41.8 Å². The van der Waals surface area contributed by atoms with Gasteiger partial charge in [-0.3, -0.25) is 0 Å². The number of thioether (sulfide) groups is 1. The van der Waals surface area contributed by atoms with Crippen LogP contribution in [0.3, 0.4) is 0 Å². The average molecular weight is 384 g/mol. The van der Waals surface area contributed by atoms with Gasteiger partial charge in [-0.2, -0.15) is 0 Å². The minimum Gasteiger partial charge on any atom is -0.302 e. The lowest BCUT2D eigenvalue weighted by atomic mass is 9.88. The van der Waals surface area contributed by atoms with Gasteiger partial charge in [0.25, 0.3) is 0 Å². The highest BCUT2D eigenvalue weighted by atomic mass is 32.2. The fourth-order valence-corrected chi connectivity index (χ4v) is 5.98. The number of aryl methyl sites for hydroxylation is 1. The quantitative estimate of drug-likeness (QED) is 0.525. The highest BCUT2D eigenvalue weighted by Crippen LogP contribution is 2.38. The summed E-state index contributed by atoms with van der Waals surface area (Å²) in [7, 11) is 0. The average Bonchev–Trinajstić information content (AvgIpc) is 3.23. The molecule has 0 spiro atoms. The Morgan fingerprint density at radius 2 is 2.12 bits per heavy atom. The summed E-state index contributed by atoms with van der Waals surface area (Å²) < 4.78 is 2.28. The maximum Gasteiger partial charge on any atom is 0.191 e. The first-order chi connectivity index (χ1) is 12.7. The van der Waals surface area contributed by atoms with Crippen molar-refractivity contribution in [1.29, 1.82) is 0 Å². The van der Waals surface area contributed by atoms with Crippen LogP contribution in [0.2, 0.25) is 0 Å². The molecule has 2 heterocycles. The molecule has 0 bridgehead atoms. The fraction of sp³-hybridized carbons (Fsp3) is 0.429. The van der Waals surface area contributed by atoms with Crippen molar-refractivity contribution in [2.45, 2.75) is 57.5 Å². The van der Waals surface area contributed by atoms with Crippen molar-refractivity contribution >= 4 is 23.1 Å². The Bertz CT molecular complexity index is 910. The third-order valence-electron chi connectivity index (χ3n) is 5.29. The first kappa shape index (κ1) is 17.8. The molecule has 1 atom stereocenters. The second kappa shape index (κ2) is 7.57. The van der Waals surface area contributed by atoms with E-state index in [-0.39, 0.29) is 0 Å². The van der Waals surface area contributed by atoms with Crippen molar-refractivity contribution in [2.75, 3.05) is 0 Å². The Labute approximate surface area is 163 Å². The van der Waals surface area contributed by atoms with E-state index in [9.17, 15) is 0 Å². The molecule has 1 aliphatic carbocycles. The third kappa shape index (κ3) is 3.35. The molecule has 0 N–H and O–H groups in total. The van der Waals surface area contributed by atoms with E-state index in [0.717, 1.165) is 29.2 Å². The standard InChI is InChI=1S/C21H25N3S2/c1-4-24-20(18-13-25-19-11-14(2)9-10-17(18)19)22-23-21(24)26-12-16-8-6-5-7-15(16)3/h5-8,13-14H,4,9-12H2,1-3H3. The predicted molar refractivity (Wildman–Crippen MR) is 111 cm³/mol. The van der Waals surface area contributed by atoms with E-state index in [1.807, 2.05) is 11.3 Å². The van der Waals surface area contributed by atoms with Gasteiger partial charge in [-0.15, -0.1) is 21.5 Å². The van der Waals surface area contributed by atoms with E-state index in [0.29, 0.717) is 0 Å². The van der Waals surface area contributed by atoms with Gasteiger partial charge < -0.3 is 4.57 Å². The van der Waals surface area contributed by atoms with Crippen molar-refractivity contribution in [1.82, 2.24) is 14.8 Å². The fourth-order valence-electron chi connectivity index (χ4n) is 3.66. The van der Waals surface area contributed by atoms with Gasteiger partial charge >= 0.3 is 0 Å². The van der Waals surface area contributed by atoms with Crippen molar-refractivity contribution < 1.29 is 0 Å². The summed E-state index contributed by atoms with van der Waals surface area (Å²) >= 11 is 3.69. The van der Waals surface area contributed by atoms with Gasteiger partial charge in [0.2, 0.25) is 0 Å². The predicted octanol–water partition coefficient (Wildman–Crippen LogP) is 5.75.